The molecule has 8 heteroatoms. The van der Waals surface area contributed by atoms with Crippen molar-refractivity contribution in [2.45, 2.75) is 13.5 Å². The summed E-state index contributed by atoms with van der Waals surface area (Å²) in [6.45, 7) is 1.91. The van der Waals surface area contributed by atoms with Gasteiger partial charge in [0.2, 0.25) is 0 Å². The van der Waals surface area contributed by atoms with E-state index < -0.39 is 11.2 Å². The van der Waals surface area contributed by atoms with E-state index in [9.17, 15) is 9.59 Å². The number of hydrogen-bond acceptors (Lipinski definition) is 4. The van der Waals surface area contributed by atoms with Gasteiger partial charge < -0.3 is 0 Å². The molecule has 0 saturated heterocycles. The van der Waals surface area contributed by atoms with Gasteiger partial charge in [0.1, 0.15) is 11.0 Å². The van der Waals surface area contributed by atoms with E-state index in [4.69, 9.17) is 11.6 Å². The molecule has 1 N–H and O–H groups in total. The van der Waals surface area contributed by atoms with Crippen molar-refractivity contribution in [3.63, 3.8) is 0 Å². The zero-order valence-electron chi connectivity index (χ0n) is 9.28. The molecule has 0 radical (unpaired) electrons. The molecule has 2 heterocycles. The first-order valence-electron chi connectivity index (χ1n) is 4.95. The van der Waals surface area contributed by atoms with Crippen LogP contribution < -0.4 is 11.2 Å². The molecule has 0 spiro atoms. The van der Waals surface area contributed by atoms with Crippen molar-refractivity contribution in [3.8, 4) is 0 Å². The molecule has 0 unspecified atom stereocenters. The number of hydrogen-bond donors (Lipinski definition) is 1. The van der Waals surface area contributed by atoms with Crippen LogP contribution in [0.3, 0.4) is 0 Å². The first-order valence-corrected chi connectivity index (χ1v) is 6.12. The molecule has 0 aromatic carbocycles. The molecule has 18 heavy (non-hydrogen) atoms. The molecule has 0 amide bonds. The average Bonchev–Trinajstić information content (AvgIpc) is 2.24. The number of halogens is 2. The lowest BCUT2D eigenvalue weighted by molar-refractivity contribution is 0.679. The van der Waals surface area contributed by atoms with Crippen molar-refractivity contribution in [3.05, 3.63) is 54.2 Å². The van der Waals surface area contributed by atoms with E-state index in [1.165, 1.54) is 10.8 Å². The van der Waals surface area contributed by atoms with Gasteiger partial charge in [-0.2, -0.15) is 0 Å². The highest BCUT2D eigenvalue weighted by Gasteiger charge is 2.06. The molecule has 0 saturated carbocycles. The van der Waals surface area contributed by atoms with Crippen molar-refractivity contribution >= 4 is 27.5 Å². The Morgan fingerprint density at radius 2 is 2.17 bits per heavy atom. The molecule has 0 bridgehead atoms. The van der Waals surface area contributed by atoms with Crippen LogP contribution in [0.4, 0.5) is 0 Å². The second kappa shape index (κ2) is 5.03. The number of aromatic nitrogens is 4. The maximum absolute atomic E-state index is 11.6. The van der Waals surface area contributed by atoms with Gasteiger partial charge in [-0.15, -0.1) is 0 Å². The summed E-state index contributed by atoms with van der Waals surface area (Å²) in [4.78, 5) is 33.1. The second-order valence-electron chi connectivity index (χ2n) is 3.61. The van der Waals surface area contributed by atoms with E-state index >= 15 is 0 Å². The molecule has 6 nitrogen and oxygen atoms in total. The van der Waals surface area contributed by atoms with Crippen LogP contribution in [0.25, 0.3) is 0 Å². The minimum Gasteiger partial charge on any atom is -0.292 e. The quantitative estimate of drug-likeness (QED) is 0.836. The first kappa shape index (κ1) is 13.0. The Morgan fingerprint density at radius 3 is 2.83 bits per heavy atom. The topological polar surface area (TPSA) is 80.6 Å². The Hall–Kier alpha value is -1.47. The van der Waals surface area contributed by atoms with Crippen LogP contribution in [0.15, 0.2) is 26.3 Å². The summed E-state index contributed by atoms with van der Waals surface area (Å²) in [5.41, 5.74) is -0.287. The summed E-state index contributed by atoms with van der Waals surface area (Å²) in [5, 5.41) is 0.314. The molecule has 0 atom stereocenters. The lowest BCUT2D eigenvalue weighted by atomic mass is 10.4. The summed E-state index contributed by atoms with van der Waals surface area (Å²) >= 11 is 8.86. The third-order valence-electron chi connectivity index (χ3n) is 2.15. The van der Waals surface area contributed by atoms with Crippen molar-refractivity contribution in [2.75, 3.05) is 0 Å². The molecule has 94 valence electrons. The van der Waals surface area contributed by atoms with E-state index in [0.717, 1.165) is 0 Å². The van der Waals surface area contributed by atoms with Crippen molar-refractivity contribution in [2.24, 2.45) is 0 Å². The van der Waals surface area contributed by atoms with Crippen molar-refractivity contribution in [1.29, 1.82) is 0 Å². The number of H-pyrrole nitrogens is 1. The summed E-state index contributed by atoms with van der Waals surface area (Å²) in [7, 11) is 0. The fourth-order valence-electron chi connectivity index (χ4n) is 1.41. The minimum absolute atomic E-state index is 0.135. The lowest BCUT2D eigenvalue weighted by Crippen LogP contribution is -2.30. The standard InChI is InChI=1S/C10H8BrClN4O2/c1-5-2-7(12)14-8(13-5)4-16-3-6(11)9(17)15-10(16)18/h2-3H,4H2,1H3,(H,15,17,18). The van der Waals surface area contributed by atoms with E-state index in [1.54, 1.807) is 13.0 Å². The lowest BCUT2D eigenvalue weighted by Gasteiger charge is -2.05. The molecule has 0 aliphatic rings. The second-order valence-corrected chi connectivity index (χ2v) is 4.85. The largest absolute Gasteiger partial charge is 0.328 e. The Balaban J connectivity index is 2.43. The molecule has 0 aliphatic heterocycles. The van der Waals surface area contributed by atoms with Gasteiger partial charge >= 0.3 is 5.69 Å². The number of aryl methyl sites for hydroxylation is 1. The van der Waals surface area contributed by atoms with Crippen LogP contribution in [-0.2, 0) is 6.54 Å². The van der Waals surface area contributed by atoms with E-state index in [2.05, 4.69) is 30.9 Å². The van der Waals surface area contributed by atoms with Gasteiger partial charge in [0, 0.05) is 11.9 Å². The summed E-state index contributed by atoms with van der Waals surface area (Å²) in [6.07, 6.45) is 1.39. The fourth-order valence-corrected chi connectivity index (χ4v) is 2.01. The van der Waals surface area contributed by atoms with Crippen molar-refractivity contribution in [1.82, 2.24) is 19.5 Å². The zero-order valence-corrected chi connectivity index (χ0v) is 11.6. The van der Waals surface area contributed by atoms with Crippen LogP contribution in [0.5, 0.6) is 0 Å². The van der Waals surface area contributed by atoms with Gasteiger partial charge in [0.15, 0.2) is 0 Å². The Bertz CT molecular complexity index is 690. The normalized spacial score (nSPS) is 10.6. The molecule has 0 fully saturated rings. The number of aromatic amines is 1. The van der Waals surface area contributed by atoms with E-state index in [1.807, 2.05) is 0 Å². The highest BCUT2D eigenvalue weighted by atomic mass is 79.9. The summed E-state index contributed by atoms with van der Waals surface area (Å²) in [5.74, 6) is 0.404. The first-order chi connectivity index (χ1) is 8.45. The predicted octanol–water partition coefficient (Wildman–Crippen LogP) is 1.10. The molecular weight excluding hydrogens is 323 g/mol. The maximum Gasteiger partial charge on any atom is 0.328 e. The highest BCUT2D eigenvalue weighted by molar-refractivity contribution is 9.10. The Kier molecular flexibility index (Phi) is 3.63. The zero-order chi connectivity index (χ0) is 13.3. The van der Waals surface area contributed by atoms with Crippen molar-refractivity contribution < 1.29 is 0 Å². The maximum atomic E-state index is 11.6. The minimum atomic E-state index is -0.524. The van der Waals surface area contributed by atoms with Gasteiger partial charge in [-0.1, -0.05) is 11.6 Å². The van der Waals surface area contributed by atoms with Crippen LogP contribution in [0.2, 0.25) is 5.15 Å². The molecule has 0 aliphatic carbocycles. The monoisotopic (exact) mass is 330 g/mol. The van der Waals surface area contributed by atoms with Gasteiger partial charge in [0.25, 0.3) is 5.56 Å². The van der Waals surface area contributed by atoms with Crippen LogP contribution in [0, 0.1) is 6.92 Å². The number of rotatable bonds is 2. The van der Waals surface area contributed by atoms with E-state index in [0.29, 0.717) is 16.7 Å². The average molecular weight is 332 g/mol. The number of nitrogens with one attached hydrogen (secondary N) is 1. The molecule has 2 aromatic heterocycles. The van der Waals surface area contributed by atoms with Gasteiger partial charge in [-0.05, 0) is 28.9 Å². The SMILES string of the molecule is Cc1cc(Cl)nc(Cn2cc(Br)c(=O)[nH]c2=O)n1. The summed E-state index contributed by atoms with van der Waals surface area (Å²) < 4.78 is 1.55. The Morgan fingerprint density at radius 1 is 1.44 bits per heavy atom. The molecule has 2 rings (SSSR count). The smallest absolute Gasteiger partial charge is 0.292 e. The molecule has 2 aromatic rings. The van der Waals surface area contributed by atoms with Crippen LogP contribution in [-0.4, -0.2) is 19.5 Å². The Labute approximate surface area is 115 Å². The van der Waals surface area contributed by atoms with Gasteiger partial charge in [-0.3, -0.25) is 14.3 Å². The van der Waals surface area contributed by atoms with Gasteiger partial charge in [0.05, 0.1) is 11.0 Å². The summed E-state index contributed by atoms with van der Waals surface area (Å²) in [6, 6.07) is 1.62. The van der Waals surface area contributed by atoms with Gasteiger partial charge in [-0.25, -0.2) is 14.8 Å². The third-order valence-corrected chi connectivity index (χ3v) is 2.91. The van der Waals surface area contributed by atoms with Crippen LogP contribution >= 0.6 is 27.5 Å². The predicted molar refractivity (Wildman–Crippen MR) is 69.9 cm³/mol. The third kappa shape index (κ3) is 2.85. The highest BCUT2D eigenvalue weighted by Crippen LogP contribution is 2.07. The van der Waals surface area contributed by atoms with E-state index in [-0.39, 0.29) is 11.0 Å². The molecular formula is C10H8BrClN4O2. The number of nitrogens with zero attached hydrogens (tertiary/aromatic N) is 3. The fraction of sp³-hybridized carbons (Fsp3) is 0.200. The van der Waals surface area contributed by atoms with Crippen LogP contribution in [0.1, 0.15) is 11.5 Å².